The Morgan fingerprint density at radius 2 is 1.25 bits per heavy atom. The maximum Gasteiger partial charge on any atom is 0.338 e. The van der Waals surface area contributed by atoms with Crippen molar-refractivity contribution in [1.82, 2.24) is 0 Å². The monoisotopic (exact) mass is 738 g/mol. The van der Waals surface area contributed by atoms with E-state index in [4.69, 9.17) is 33.2 Å². The number of rotatable bonds is 7. The molecule has 2 N–H and O–H groups in total. The van der Waals surface area contributed by atoms with Crippen LogP contribution in [0, 0.1) is 28.6 Å². The van der Waals surface area contributed by atoms with Gasteiger partial charge in [0.05, 0.1) is 29.6 Å². The molecule has 0 aromatic heterocycles. The number of aliphatic hydroxyl groups excluding tert-OH is 1. The van der Waals surface area contributed by atoms with Crippen molar-refractivity contribution in [3.05, 3.63) is 71.8 Å². The van der Waals surface area contributed by atoms with Gasteiger partial charge >= 0.3 is 29.8 Å². The Labute approximate surface area is 307 Å². The standard InChI is InChI=1S/C39H46O14/c1-20(40)48-25-19-47-38(7)28(25)29(51-34(44)23-14-10-8-11-15-23)31-37(6)26(18-27(49-21(2)41)39(31,46)53-38)36(4,5)32(43)30(50-22(3)42)33(37)52-35(45)24-16-12-9-13-17-24/h8-17,25-33,43,46H,18-19H2,1-7H3. The molecule has 0 spiro atoms. The molecular weight excluding hydrogens is 692 g/mol. The molecule has 2 aliphatic carbocycles. The van der Waals surface area contributed by atoms with Gasteiger partial charge in [-0.15, -0.1) is 0 Å². The lowest BCUT2D eigenvalue weighted by atomic mass is 9.42. The molecule has 6 rings (SSSR count). The zero-order chi connectivity index (χ0) is 38.7. The molecule has 0 bridgehead atoms. The first-order valence-electron chi connectivity index (χ1n) is 17.6. The van der Waals surface area contributed by atoms with Crippen molar-refractivity contribution in [2.45, 2.75) is 103 Å². The number of hydrogen-bond acceptors (Lipinski definition) is 14. The van der Waals surface area contributed by atoms with Crippen LogP contribution in [0.5, 0.6) is 0 Å². The molecule has 2 saturated carbocycles. The summed E-state index contributed by atoms with van der Waals surface area (Å²) in [6, 6.07) is 16.1. The van der Waals surface area contributed by atoms with Crippen LogP contribution in [0.2, 0.25) is 0 Å². The summed E-state index contributed by atoms with van der Waals surface area (Å²) < 4.78 is 42.7. The normalized spacial score (nSPS) is 38.2. The van der Waals surface area contributed by atoms with Crippen molar-refractivity contribution < 1.29 is 67.3 Å². The predicted octanol–water partition coefficient (Wildman–Crippen LogP) is 3.36. The minimum absolute atomic E-state index is 0.146. The largest absolute Gasteiger partial charge is 0.459 e. The summed E-state index contributed by atoms with van der Waals surface area (Å²) >= 11 is 0. The molecule has 2 aliphatic heterocycles. The second-order valence-corrected chi connectivity index (χ2v) is 15.4. The van der Waals surface area contributed by atoms with Crippen LogP contribution < -0.4 is 0 Å². The van der Waals surface area contributed by atoms with Gasteiger partial charge in [0.15, 0.2) is 18.0 Å². The second-order valence-electron chi connectivity index (χ2n) is 15.4. The van der Waals surface area contributed by atoms with Crippen molar-refractivity contribution in [3.8, 4) is 0 Å². The fraction of sp³-hybridized carbons (Fsp3) is 0.564. The van der Waals surface area contributed by atoms with Crippen LogP contribution in [-0.2, 0) is 47.5 Å². The highest BCUT2D eigenvalue weighted by atomic mass is 16.8. The molecule has 286 valence electrons. The molecule has 14 nitrogen and oxygen atoms in total. The minimum atomic E-state index is -2.54. The lowest BCUT2D eigenvalue weighted by Gasteiger charge is -2.69. The third kappa shape index (κ3) is 6.49. The fourth-order valence-electron chi connectivity index (χ4n) is 9.60. The molecule has 0 amide bonds. The molecule has 2 saturated heterocycles. The van der Waals surface area contributed by atoms with Crippen molar-refractivity contribution in [2.75, 3.05) is 6.61 Å². The molecule has 53 heavy (non-hydrogen) atoms. The van der Waals surface area contributed by atoms with E-state index in [0.717, 1.165) is 13.8 Å². The van der Waals surface area contributed by atoms with Crippen LogP contribution in [0.3, 0.4) is 0 Å². The number of hydrogen-bond donors (Lipinski definition) is 2. The number of carbonyl (C=O) groups excluding carboxylic acids is 5. The predicted molar refractivity (Wildman–Crippen MR) is 181 cm³/mol. The fourth-order valence-corrected chi connectivity index (χ4v) is 9.60. The van der Waals surface area contributed by atoms with Gasteiger partial charge in [-0.3, -0.25) is 14.4 Å². The van der Waals surface area contributed by atoms with E-state index in [1.54, 1.807) is 57.2 Å². The highest BCUT2D eigenvalue weighted by molar-refractivity contribution is 5.90. The number of fused-ring (bicyclic) bond motifs is 4. The van der Waals surface area contributed by atoms with E-state index in [-0.39, 0.29) is 24.2 Å². The lowest BCUT2D eigenvalue weighted by Crippen LogP contribution is -2.81. The molecule has 2 aromatic rings. The number of esters is 5. The molecule has 0 radical (unpaired) electrons. The number of carbonyl (C=O) groups is 5. The first-order chi connectivity index (χ1) is 24.8. The summed E-state index contributed by atoms with van der Waals surface area (Å²) in [6.07, 6.45) is -8.61. The molecule has 4 fully saturated rings. The van der Waals surface area contributed by atoms with Crippen LogP contribution in [0.1, 0.15) is 75.6 Å². The molecule has 4 aliphatic rings. The van der Waals surface area contributed by atoms with Crippen LogP contribution in [0.4, 0.5) is 0 Å². The first-order valence-corrected chi connectivity index (χ1v) is 17.6. The molecule has 12 atom stereocenters. The Morgan fingerprint density at radius 3 is 1.77 bits per heavy atom. The quantitative estimate of drug-likeness (QED) is 0.311. The average Bonchev–Trinajstić information content (AvgIpc) is 3.40. The van der Waals surface area contributed by atoms with Gasteiger partial charge in [0.2, 0.25) is 5.79 Å². The van der Waals surface area contributed by atoms with E-state index >= 15 is 0 Å². The van der Waals surface area contributed by atoms with Crippen LogP contribution in [-0.4, -0.2) is 94.9 Å². The summed E-state index contributed by atoms with van der Waals surface area (Å²) in [5.41, 5.74) is -2.52. The van der Waals surface area contributed by atoms with E-state index < -0.39 is 107 Å². The molecule has 2 heterocycles. The zero-order valence-corrected chi connectivity index (χ0v) is 30.7. The van der Waals surface area contributed by atoms with Gasteiger partial charge in [-0.1, -0.05) is 57.2 Å². The van der Waals surface area contributed by atoms with Gasteiger partial charge in [-0.25, -0.2) is 9.59 Å². The number of aliphatic hydroxyl groups is 2. The van der Waals surface area contributed by atoms with E-state index in [9.17, 15) is 34.2 Å². The summed E-state index contributed by atoms with van der Waals surface area (Å²) in [6.45, 7) is 9.94. The third-order valence-corrected chi connectivity index (χ3v) is 11.7. The van der Waals surface area contributed by atoms with Crippen LogP contribution in [0.25, 0.3) is 0 Å². The summed E-state index contributed by atoms with van der Waals surface area (Å²) in [5.74, 6) is -11.6. The summed E-state index contributed by atoms with van der Waals surface area (Å²) in [5, 5.41) is 25.2. The smallest absolute Gasteiger partial charge is 0.338 e. The van der Waals surface area contributed by atoms with E-state index in [2.05, 4.69) is 0 Å². The Hall–Kier alpha value is -4.37. The average molecular weight is 739 g/mol. The van der Waals surface area contributed by atoms with Crippen molar-refractivity contribution in [2.24, 2.45) is 28.6 Å². The molecule has 12 unspecified atom stereocenters. The molecular formula is C39H46O14. The Kier molecular flexibility index (Phi) is 9.99. The van der Waals surface area contributed by atoms with Gasteiger partial charge in [-0.05, 0) is 48.9 Å². The van der Waals surface area contributed by atoms with Crippen LogP contribution >= 0.6 is 0 Å². The number of benzene rings is 2. The summed E-state index contributed by atoms with van der Waals surface area (Å²) in [7, 11) is 0. The number of ether oxygens (including phenoxy) is 7. The molecule has 2 aromatic carbocycles. The van der Waals surface area contributed by atoms with Crippen molar-refractivity contribution in [1.29, 1.82) is 0 Å². The zero-order valence-electron chi connectivity index (χ0n) is 30.7. The SMILES string of the molecule is CC(=O)OC1COC2(C)OC3(O)C(OC(C)=O)CC4C(C)(C)C(O)C(OC(C)=O)C(OC(=O)c5ccccc5)C4(C)C3C(OC(=O)c3ccccc3)C12. The Morgan fingerprint density at radius 1 is 0.717 bits per heavy atom. The van der Waals surface area contributed by atoms with E-state index in [0.29, 0.717) is 0 Å². The lowest BCUT2D eigenvalue weighted by molar-refractivity contribution is -0.458. The van der Waals surface area contributed by atoms with Gasteiger partial charge in [0.1, 0.15) is 24.4 Å². The van der Waals surface area contributed by atoms with Crippen LogP contribution in [0.15, 0.2) is 60.7 Å². The minimum Gasteiger partial charge on any atom is -0.459 e. The highest BCUT2D eigenvalue weighted by Crippen LogP contribution is 2.68. The first kappa shape index (κ1) is 38.4. The second kappa shape index (κ2) is 13.8. The Bertz CT molecular complexity index is 1750. The van der Waals surface area contributed by atoms with Gasteiger partial charge < -0.3 is 43.4 Å². The van der Waals surface area contributed by atoms with Gasteiger partial charge in [0, 0.05) is 26.2 Å². The van der Waals surface area contributed by atoms with Crippen molar-refractivity contribution >= 4 is 29.8 Å². The van der Waals surface area contributed by atoms with Gasteiger partial charge in [0.25, 0.3) is 0 Å². The van der Waals surface area contributed by atoms with E-state index in [1.165, 1.54) is 38.1 Å². The Balaban J connectivity index is 1.62. The topological polar surface area (TPSA) is 190 Å². The maximum absolute atomic E-state index is 14.1. The maximum atomic E-state index is 14.1. The van der Waals surface area contributed by atoms with E-state index in [1.807, 2.05) is 0 Å². The molecule has 14 heteroatoms. The highest BCUT2D eigenvalue weighted by Gasteiger charge is 2.80. The van der Waals surface area contributed by atoms with Crippen molar-refractivity contribution in [3.63, 3.8) is 0 Å². The third-order valence-electron chi connectivity index (χ3n) is 11.7. The van der Waals surface area contributed by atoms with Gasteiger partial charge in [-0.2, -0.15) is 0 Å². The summed E-state index contributed by atoms with van der Waals surface area (Å²) in [4.78, 5) is 65.9.